The summed E-state index contributed by atoms with van der Waals surface area (Å²) < 4.78 is 28.2. The number of hydrogen-bond donors (Lipinski definition) is 1. The van der Waals surface area contributed by atoms with Crippen molar-refractivity contribution >= 4 is 33.2 Å². The minimum atomic E-state index is -3.66. The predicted octanol–water partition coefficient (Wildman–Crippen LogP) is 2.88. The van der Waals surface area contributed by atoms with Crippen LogP contribution in [0.1, 0.15) is 44.1 Å². The van der Waals surface area contributed by atoms with E-state index in [9.17, 15) is 18.0 Å². The van der Waals surface area contributed by atoms with E-state index >= 15 is 0 Å². The summed E-state index contributed by atoms with van der Waals surface area (Å²) in [6, 6.07) is 14.3. The quantitative estimate of drug-likeness (QED) is 0.664. The molecule has 5 rings (SSSR count). The Hall–Kier alpha value is -2.91. The standard InChI is InChI=1S/C26H32N4O4S/c31-25(27-18-20-9-3-1-4-10-20)19-30-24-17-21(35(33,34)28-14-6-2-7-15-28)12-13-22(24)29-16-8-5-11-23(29)26(30)32/h1,3-4,9-10,12-13,17,23H,2,5-8,11,14-16,18-19H2,(H,27,31). The van der Waals surface area contributed by atoms with Crippen molar-refractivity contribution in [3.05, 3.63) is 54.1 Å². The molecule has 8 nitrogen and oxygen atoms in total. The van der Waals surface area contributed by atoms with Crippen LogP contribution in [0.5, 0.6) is 0 Å². The topological polar surface area (TPSA) is 90.0 Å². The number of fused-ring (bicyclic) bond motifs is 3. The molecule has 2 fully saturated rings. The van der Waals surface area contributed by atoms with Crippen LogP contribution in [-0.2, 0) is 26.2 Å². The van der Waals surface area contributed by atoms with Crippen LogP contribution in [0, 0.1) is 0 Å². The van der Waals surface area contributed by atoms with Crippen LogP contribution < -0.4 is 15.1 Å². The van der Waals surface area contributed by atoms with Gasteiger partial charge in [-0.3, -0.25) is 14.5 Å². The summed E-state index contributed by atoms with van der Waals surface area (Å²) in [7, 11) is -3.66. The van der Waals surface area contributed by atoms with Gasteiger partial charge in [0, 0.05) is 26.2 Å². The van der Waals surface area contributed by atoms with Crippen LogP contribution in [0.15, 0.2) is 53.4 Å². The third-order valence-corrected chi connectivity index (χ3v) is 9.08. The monoisotopic (exact) mass is 496 g/mol. The van der Waals surface area contributed by atoms with E-state index in [0.717, 1.165) is 56.3 Å². The van der Waals surface area contributed by atoms with Gasteiger partial charge >= 0.3 is 0 Å². The molecule has 35 heavy (non-hydrogen) atoms. The van der Waals surface area contributed by atoms with Crippen molar-refractivity contribution in [2.45, 2.75) is 56.0 Å². The normalized spacial score (nSPS) is 20.8. The fraction of sp³-hybridized carbons (Fsp3) is 0.462. The summed E-state index contributed by atoms with van der Waals surface area (Å²) in [5, 5.41) is 2.89. The minimum absolute atomic E-state index is 0.139. The van der Waals surface area contributed by atoms with Gasteiger partial charge in [0.2, 0.25) is 21.8 Å². The highest BCUT2D eigenvalue weighted by molar-refractivity contribution is 7.89. The number of nitrogens with one attached hydrogen (secondary N) is 1. The number of sulfonamides is 1. The van der Waals surface area contributed by atoms with Crippen molar-refractivity contribution in [2.24, 2.45) is 0 Å². The first kappa shape index (κ1) is 23.8. The van der Waals surface area contributed by atoms with Crippen molar-refractivity contribution in [3.63, 3.8) is 0 Å². The number of amides is 2. The molecular weight excluding hydrogens is 464 g/mol. The number of rotatable bonds is 6. The zero-order chi connectivity index (χ0) is 24.4. The van der Waals surface area contributed by atoms with E-state index in [1.807, 2.05) is 36.4 Å². The van der Waals surface area contributed by atoms with E-state index in [-0.39, 0.29) is 29.3 Å². The van der Waals surface area contributed by atoms with Gasteiger partial charge in [-0.15, -0.1) is 0 Å². The maximum absolute atomic E-state index is 13.5. The van der Waals surface area contributed by atoms with Gasteiger partial charge in [-0.25, -0.2) is 8.42 Å². The molecule has 2 saturated heterocycles. The Morgan fingerprint density at radius 2 is 1.66 bits per heavy atom. The number of nitrogens with zero attached hydrogens (tertiary/aromatic N) is 3. The van der Waals surface area contributed by atoms with Gasteiger partial charge in [0.05, 0.1) is 16.3 Å². The first-order valence-electron chi connectivity index (χ1n) is 12.5. The minimum Gasteiger partial charge on any atom is -0.358 e. The van der Waals surface area contributed by atoms with E-state index in [1.54, 1.807) is 12.1 Å². The van der Waals surface area contributed by atoms with Crippen molar-refractivity contribution < 1.29 is 18.0 Å². The highest BCUT2D eigenvalue weighted by Crippen LogP contribution is 2.41. The van der Waals surface area contributed by atoms with Crippen LogP contribution in [0.2, 0.25) is 0 Å². The van der Waals surface area contributed by atoms with E-state index < -0.39 is 10.0 Å². The van der Waals surface area contributed by atoms with E-state index in [4.69, 9.17) is 0 Å². The molecule has 3 aliphatic rings. The SMILES string of the molecule is O=C(CN1C(=O)C2CCCCN2c2ccc(S(=O)(=O)N3CCCCC3)cc21)NCc1ccccc1. The van der Waals surface area contributed by atoms with Gasteiger partial charge in [-0.2, -0.15) is 4.31 Å². The molecule has 1 unspecified atom stereocenters. The van der Waals surface area contributed by atoms with Gasteiger partial charge in [-0.05, 0) is 55.9 Å². The van der Waals surface area contributed by atoms with E-state index in [0.29, 0.717) is 25.3 Å². The molecule has 0 aliphatic carbocycles. The second-order valence-electron chi connectivity index (χ2n) is 9.51. The lowest BCUT2D eigenvalue weighted by molar-refractivity contribution is -0.125. The molecule has 9 heteroatoms. The van der Waals surface area contributed by atoms with Crippen molar-refractivity contribution in [3.8, 4) is 0 Å². The van der Waals surface area contributed by atoms with Crippen molar-refractivity contribution in [2.75, 3.05) is 36.0 Å². The molecule has 0 radical (unpaired) electrons. The Bertz CT molecular complexity index is 1200. The van der Waals surface area contributed by atoms with Crippen LogP contribution >= 0.6 is 0 Å². The molecule has 186 valence electrons. The van der Waals surface area contributed by atoms with Gasteiger partial charge in [0.25, 0.3) is 0 Å². The number of anilines is 2. The zero-order valence-electron chi connectivity index (χ0n) is 19.9. The summed E-state index contributed by atoms with van der Waals surface area (Å²) in [6.07, 6.45) is 5.41. The average molecular weight is 497 g/mol. The van der Waals surface area contributed by atoms with Crippen LogP contribution in [0.3, 0.4) is 0 Å². The molecule has 0 spiro atoms. The number of hydrogen-bond acceptors (Lipinski definition) is 5. The third kappa shape index (κ3) is 4.79. The Balaban J connectivity index is 1.44. The van der Waals surface area contributed by atoms with Crippen LogP contribution in [0.25, 0.3) is 0 Å². The second kappa shape index (κ2) is 9.99. The Morgan fingerprint density at radius 1 is 0.914 bits per heavy atom. The molecule has 2 amide bonds. The zero-order valence-corrected chi connectivity index (χ0v) is 20.7. The lowest BCUT2D eigenvalue weighted by atomic mass is 9.96. The predicted molar refractivity (Wildman–Crippen MR) is 135 cm³/mol. The van der Waals surface area contributed by atoms with Gasteiger partial charge in [0.15, 0.2) is 0 Å². The first-order valence-corrected chi connectivity index (χ1v) is 13.9. The second-order valence-corrected chi connectivity index (χ2v) is 11.4. The molecule has 0 aromatic heterocycles. The van der Waals surface area contributed by atoms with Crippen molar-refractivity contribution in [1.29, 1.82) is 0 Å². The average Bonchev–Trinajstić information content (AvgIpc) is 2.90. The van der Waals surface area contributed by atoms with E-state index in [1.165, 1.54) is 9.21 Å². The molecule has 0 bridgehead atoms. The maximum Gasteiger partial charge on any atom is 0.250 e. The van der Waals surface area contributed by atoms with Gasteiger partial charge in [0.1, 0.15) is 12.6 Å². The molecule has 1 N–H and O–H groups in total. The number of carbonyl (C=O) groups is 2. The molecule has 2 aromatic carbocycles. The van der Waals surface area contributed by atoms with Crippen molar-refractivity contribution in [1.82, 2.24) is 9.62 Å². The lowest BCUT2D eigenvalue weighted by Crippen LogP contribution is -2.57. The molecule has 3 aliphatic heterocycles. The highest BCUT2D eigenvalue weighted by atomic mass is 32.2. The third-order valence-electron chi connectivity index (χ3n) is 7.19. The largest absolute Gasteiger partial charge is 0.358 e. The summed E-state index contributed by atoms with van der Waals surface area (Å²) in [4.78, 5) is 30.2. The Kier molecular flexibility index (Phi) is 6.80. The summed E-state index contributed by atoms with van der Waals surface area (Å²) in [6.45, 7) is 2.00. The van der Waals surface area contributed by atoms with Crippen LogP contribution in [-0.4, -0.2) is 56.8 Å². The Morgan fingerprint density at radius 3 is 2.43 bits per heavy atom. The van der Waals surface area contributed by atoms with Gasteiger partial charge in [-0.1, -0.05) is 36.8 Å². The number of carbonyl (C=O) groups excluding carboxylic acids is 2. The number of piperidine rings is 2. The molecule has 3 heterocycles. The highest BCUT2D eigenvalue weighted by Gasteiger charge is 2.41. The summed E-state index contributed by atoms with van der Waals surface area (Å²) >= 11 is 0. The maximum atomic E-state index is 13.5. The lowest BCUT2D eigenvalue weighted by Gasteiger charge is -2.45. The fourth-order valence-corrected chi connectivity index (χ4v) is 6.85. The fourth-order valence-electron chi connectivity index (χ4n) is 5.31. The summed E-state index contributed by atoms with van der Waals surface area (Å²) in [5.74, 6) is -0.415. The molecule has 2 aromatic rings. The van der Waals surface area contributed by atoms with Crippen LogP contribution in [0.4, 0.5) is 11.4 Å². The van der Waals surface area contributed by atoms with Gasteiger partial charge < -0.3 is 10.2 Å². The Labute approximate surface area is 206 Å². The van der Waals surface area contributed by atoms with E-state index in [2.05, 4.69) is 10.2 Å². The summed E-state index contributed by atoms with van der Waals surface area (Å²) in [5.41, 5.74) is 2.29. The molecular formula is C26H32N4O4S. The molecule has 0 saturated carbocycles. The molecule has 1 atom stereocenters. The first-order chi connectivity index (χ1) is 16.9. The smallest absolute Gasteiger partial charge is 0.250 e. The number of benzene rings is 2.